The molecule has 2 fully saturated rings. The number of nitrogens with zero attached hydrogens (tertiary/aromatic N) is 5. The molecule has 2 aliphatic heterocycles. The molecule has 1 spiro atoms. The molecule has 33 heavy (non-hydrogen) atoms. The lowest BCUT2D eigenvalue weighted by atomic mass is 9.75. The molecule has 2 aromatic carbocycles. The molecule has 3 heterocycles. The van der Waals surface area contributed by atoms with Crippen molar-refractivity contribution in [3.8, 4) is 5.69 Å². The largest absolute Gasteiger partial charge is 0.342 e. The number of likely N-dealkylation sites (N-methyl/N-ethyl adjacent to an activating group) is 1. The summed E-state index contributed by atoms with van der Waals surface area (Å²) in [6, 6.07) is 14.0. The molecule has 0 saturated carbocycles. The highest BCUT2D eigenvalue weighted by molar-refractivity contribution is 5.95. The second-order valence-corrected chi connectivity index (χ2v) is 9.10. The standard InChI is InChI=1S/C25H26FN5O2/c1-29-22(13-18-4-2-6-20(26)12-18)15-25(24(29)33)8-10-30(11-9-25)23(32)19-5-3-7-21(14-19)31-16-27-28-17-31/h2-7,12,14,16-17,22H,8-11,13,15H2,1H3/t22-/m1/s1. The van der Waals surface area contributed by atoms with Gasteiger partial charge in [0.15, 0.2) is 0 Å². The Balaban J connectivity index is 1.26. The minimum absolute atomic E-state index is 0.0325. The summed E-state index contributed by atoms with van der Waals surface area (Å²) in [6.07, 6.45) is 5.86. The molecular formula is C25H26FN5O2. The molecule has 1 aromatic heterocycles. The SMILES string of the molecule is CN1C(=O)C2(CCN(C(=O)c3cccc(-n4cnnc4)c3)CC2)C[C@H]1Cc1cccc(F)c1. The predicted molar refractivity (Wildman–Crippen MR) is 120 cm³/mol. The van der Waals surface area contributed by atoms with Crippen molar-refractivity contribution in [3.63, 3.8) is 0 Å². The molecule has 170 valence electrons. The average Bonchev–Trinajstić information content (AvgIpc) is 3.44. The van der Waals surface area contributed by atoms with Crippen molar-refractivity contribution in [1.82, 2.24) is 24.6 Å². The topological polar surface area (TPSA) is 71.3 Å². The lowest BCUT2D eigenvalue weighted by Crippen LogP contribution is -2.46. The zero-order valence-corrected chi connectivity index (χ0v) is 18.5. The van der Waals surface area contributed by atoms with Gasteiger partial charge in [0.05, 0.1) is 5.41 Å². The van der Waals surface area contributed by atoms with Gasteiger partial charge in [-0.3, -0.25) is 14.2 Å². The summed E-state index contributed by atoms with van der Waals surface area (Å²) in [5, 5.41) is 7.63. The predicted octanol–water partition coefficient (Wildman–Crippen LogP) is 3.10. The number of piperidine rings is 1. The smallest absolute Gasteiger partial charge is 0.253 e. The molecular weight excluding hydrogens is 421 g/mol. The number of carbonyl (C=O) groups excluding carboxylic acids is 2. The Morgan fingerprint density at radius 3 is 2.55 bits per heavy atom. The highest BCUT2D eigenvalue weighted by Gasteiger charge is 2.51. The lowest BCUT2D eigenvalue weighted by Gasteiger charge is -2.37. The van der Waals surface area contributed by atoms with E-state index in [0.717, 1.165) is 17.7 Å². The van der Waals surface area contributed by atoms with Crippen LogP contribution >= 0.6 is 0 Å². The molecule has 3 aromatic rings. The second kappa shape index (κ2) is 8.42. The molecule has 0 N–H and O–H groups in total. The van der Waals surface area contributed by atoms with Gasteiger partial charge >= 0.3 is 0 Å². The van der Waals surface area contributed by atoms with Crippen LogP contribution in [0.4, 0.5) is 4.39 Å². The Kier molecular flexibility index (Phi) is 5.44. The zero-order valence-electron chi connectivity index (χ0n) is 18.5. The third kappa shape index (κ3) is 4.01. The normalized spacial score (nSPS) is 19.9. The minimum atomic E-state index is -0.437. The van der Waals surface area contributed by atoms with Gasteiger partial charge in [0.2, 0.25) is 5.91 Å². The van der Waals surface area contributed by atoms with E-state index in [1.807, 2.05) is 47.2 Å². The van der Waals surface area contributed by atoms with Gasteiger partial charge in [0.1, 0.15) is 18.5 Å². The quantitative estimate of drug-likeness (QED) is 0.616. The fourth-order valence-corrected chi connectivity index (χ4v) is 5.23. The molecule has 7 nitrogen and oxygen atoms in total. The molecule has 2 amide bonds. The van der Waals surface area contributed by atoms with Crippen molar-refractivity contribution in [2.24, 2.45) is 5.41 Å². The van der Waals surface area contributed by atoms with E-state index >= 15 is 0 Å². The van der Waals surface area contributed by atoms with E-state index in [1.54, 1.807) is 29.4 Å². The molecule has 5 rings (SSSR count). The Hall–Kier alpha value is -3.55. The van der Waals surface area contributed by atoms with Crippen LogP contribution in [-0.4, -0.2) is 62.6 Å². The Morgan fingerprint density at radius 1 is 1.09 bits per heavy atom. The van der Waals surface area contributed by atoms with Crippen molar-refractivity contribution < 1.29 is 14.0 Å². The molecule has 8 heteroatoms. The number of amides is 2. The van der Waals surface area contributed by atoms with Crippen molar-refractivity contribution >= 4 is 11.8 Å². The van der Waals surface area contributed by atoms with Gasteiger partial charge in [0.25, 0.3) is 5.91 Å². The first-order valence-electron chi connectivity index (χ1n) is 11.2. The van der Waals surface area contributed by atoms with Crippen LogP contribution in [0.5, 0.6) is 0 Å². The summed E-state index contributed by atoms with van der Waals surface area (Å²) in [6.45, 7) is 1.09. The van der Waals surface area contributed by atoms with E-state index in [0.29, 0.717) is 37.9 Å². The first kappa shape index (κ1) is 21.3. The maximum Gasteiger partial charge on any atom is 0.253 e. The van der Waals surface area contributed by atoms with Crippen LogP contribution in [0.3, 0.4) is 0 Å². The summed E-state index contributed by atoms with van der Waals surface area (Å²) in [5.41, 5.74) is 1.90. The Bertz CT molecular complexity index is 1170. The molecule has 0 radical (unpaired) electrons. The maximum atomic E-state index is 13.6. The van der Waals surface area contributed by atoms with E-state index in [-0.39, 0.29) is 23.7 Å². The van der Waals surface area contributed by atoms with Crippen molar-refractivity contribution in [1.29, 1.82) is 0 Å². The first-order chi connectivity index (χ1) is 15.9. The van der Waals surface area contributed by atoms with E-state index in [9.17, 15) is 14.0 Å². The zero-order chi connectivity index (χ0) is 23.0. The number of hydrogen-bond acceptors (Lipinski definition) is 4. The van der Waals surface area contributed by atoms with Gasteiger partial charge in [-0.05, 0) is 61.6 Å². The molecule has 0 unspecified atom stereocenters. The second-order valence-electron chi connectivity index (χ2n) is 9.10. The van der Waals surface area contributed by atoms with Crippen LogP contribution in [0.2, 0.25) is 0 Å². The summed E-state index contributed by atoms with van der Waals surface area (Å²) in [4.78, 5) is 30.0. The number of rotatable bonds is 4. The summed E-state index contributed by atoms with van der Waals surface area (Å²) in [5.74, 6) is -0.144. The average molecular weight is 448 g/mol. The van der Waals surface area contributed by atoms with E-state index < -0.39 is 5.41 Å². The number of carbonyl (C=O) groups is 2. The van der Waals surface area contributed by atoms with Crippen LogP contribution in [0.15, 0.2) is 61.2 Å². The molecule has 0 bridgehead atoms. The van der Waals surface area contributed by atoms with Crippen LogP contribution in [-0.2, 0) is 11.2 Å². The van der Waals surface area contributed by atoms with Crippen LogP contribution < -0.4 is 0 Å². The van der Waals surface area contributed by atoms with Gasteiger partial charge in [-0.25, -0.2) is 4.39 Å². The summed E-state index contributed by atoms with van der Waals surface area (Å²) >= 11 is 0. The fourth-order valence-electron chi connectivity index (χ4n) is 5.23. The number of benzene rings is 2. The number of hydrogen-bond donors (Lipinski definition) is 0. The van der Waals surface area contributed by atoms with Gasteiger partial charge < -0.3 is 9.80 Å². The van der Waals surface area contributed by atoms with Gasteiger partial charge in [0, 0.05) is 37.4 Å². The first-order valence-corrected chi connectivity index (χ1v) is 11.2. The minimum Gasteiger partial charge on any atom is -0.342 e. The Labute approximate surface area is 191 Å². The van der Waals surface area contributed by atoms with E-state index in [1.165, 1.54) is 6.07 Å². The molecule has 2 aliphatic rings. The molecule has 0 aliphatic carbocycles. The molecule has 1 atom stereocenters. The number of aromatic nitrogens is 3. The van der Waals surface area contributed by atoms with Gasteiger partial charge in [-0.15, -0.1) is 10.2 Å². The number of halogens is 1. The maximum absolute atomic E-state index is 13.6. The van der Waals surface area contributed by atoms with E-state index in [4.69, 9.17) is 0 Å². The highest BCUT2D eigenvalue weighted by atomic mass is 19.1. The van der Waals surface area contributed by atoms with Crippen molar-refractivity contribution in [2.75, 3.05) is 20.1 Å². The Morgan fingerprint density at radius 2 is 1.82 bits per heavy atom. The monoisotopic (exact) mass is 447 g/mol. The van der Waals surface area contributed by atoms with Gasteiger partial charge in [-0.2, -0.15) is 0 Å². The van der Waals surface area contributed by atoms with Gasteiger partial charge in [-0.1, -0.05) is 18.2 Å². The molecule has 2 saturated heterocycles. The lowest BCUT2D eigenvalue weighted by molar-refractivity contribution is -0.137. The van der Waals surface area contributed by atoms with Crippen LogP contribution in [0, 0.1) is 11.2 Å². The fraction of sp³-hybridized carbons (Fsp3) is 0.360. The van der Waals surface area contributed by atoms with Crippen LogP contribution in [0.1, 0.15) is 35.2 Å². The highest BCUT2D eigenvalue weighted by Crippen LogP contribution is 2.44. The number of likely N-dealkylation sites (tertiary alicyclic amines) is 2. The van der Waals surface area contributed by atoms with Crippen molar-refractivity contribution in [2.45, 2.75) is 31.7 Å². The van der Waals surface area contributed by atoms with Crippen molar-refractivity contribution in [3.05, 3.63) is 78.1 Å². The van der Waals surface area contributed by atoms with E-state index in [2.05, 4.69) is 10.2 Å². The van der Waals surface area contributed by atoms with Crippen LogP contribution in [0.25, 0.3) is 5.69 Å². The summed E-state index contributed by atoms with van der Waals surface area (Å²) in [7, 11) is 1.84. The third-order valence-corrected chi connectivity index (χ3v) is 7.13. The summed E-state index contributed by atoms with van der Waals surface area (Å²) < 4.78 is 15.4. The third-order valence-electron chi connectivity index (χ3n) is 7.13.